The van der Waals surface area contributed by atoms with Crippen LogP contribution < -0.4 is 10.1 Å². The number of nitrogens with one attached hydrogen (secondary N) is 1. The fourth-order valence-corrected chi connectivity index (χ4v) is 4.83. The maximum atomic E-state index is 13.0. The molecular weight excluding hydrogens is 372 g/mol. The Balaban J connectivity index is 1.29. The molecule has 0 atom stereocenters. The van der Waals surface area contributed by atoms with Gasteiger partial charge < -0.3 is 15.0 Å². The maximum Gasteiger partial charge on any atom is 0.259 e. The van der Waals surface area contributed by atoms with Crippen LogP contribution in [0.5, 0.6) is 5.75 Å². The molecule has 1 N–H and O–H groups in total. The van der Waals surface area contributed by atoms with Gasteiger partial charge in [-0.05, 0) is 44.1 Å². The molecule has 0 spiro atoms. The maximum absolute atomic E-state index is 13.0. The molecule has 7 heteroatoms. The van der Waals surface area contributed by atoms with E-state index in [1.165, 1.54) is 4.70 Å². The summed E-state index contributed by atoms with van der Waals surface area (Å²) in [6, 6.07) is 9.97. The second-order valence-corrected chi connectivity index (χ2v) is 8.37. The summed E-state index contributed by atoms with van der Waals surface area (Å²) in [6.45, 7) is 3.10. The van der Waals surface area contributed by atoms with Crippen LogP contribution >= 0.6 is 11.3 Å². The highest BCUT2D eigenvalue weighted by Gasteiger charge is 2.32. The van der Waals surface area contributed by atoms with Crippen LogP contribution in [0.2, 0.25) is 0 Å². The van der Waals surface area contributed by atoms with Gasteiger partial charge in [-0.15, -0.1) is 11.3 Å². The summed E-state index contributed by atoms with van der Waals surface area (Å²) < 4.78 is 7.37. The average Bonchev–Trinajstić information content (AvgIpc) is 3.28. The number of pyridine rings is 1. The number of hydrogen-bond acceptors (Lipinski definition) is 6. The number of para-hydroxylation sites is 1. The molecule has 2 aromatic heterocycles. The number of thiazole rings is 1. The highest BCUT2D eigenvalue weighted by molar-refractivity contribution is 7.18. The highest BCUT2D eigenvalue weighted by Crippen LogP contribution is 2.31. The number of ether oxygens (including phenoxy) is 1. The first-order valence-corrected chi connectivity index (χ1v) is 10.6. The molecule has 144 valence electrons. The van der Waals surface area contributed by atoms with Gasteiger partial charge in [0.05, 0.1) is 27.5 Å². The standard InChI is InChI=1S/C21H22N4O2S/c26-21-20-16(23-11-7-17(20)27-14-5-9-22-10-6-14)13-25(21)12-8-19-24-15-3-1-2-4-18(15)28-19/h1-4,7,11,14,22H,5-6,8-10,12-13H2. The van der Waals surface area contributed by atoms with Crippen LogP contribution in [0.4, 0.5) is 0 Å². The lowest BCUT2D eigenvalue weighted by molar-refractivity contribution is 0.0772. The molecule has 1 fully saturated rings. The molecule has 6 nitrogen and oxygen atoms in total. The Morgan fingerprint density at radius 3 is 2.93 bits per heavy atom. The summed E-state index contributed by atoms with van der Waals surface area (Å²) >= 11 is 1.70. The lowest BCUT2D eigenvalue weighted by atomic mass is 10.1. The van der Waals surface area contributed by atoms with Crippen molar-refractivity contribution in [3.05, 3.63) is 52.8 Å². The Morgan fingerprint density at radius 1 is 1.21 bits per heavy atom. The molecule has 0 unspecified atom stereocenters. The van der Waals surface area contributed by atoms with E-state index in [1.807, 2.05) is 29.2 Å². The number of hydrogen-bond donors (Lipinski definition) is 1. The van der Waals surface area contributed by atoms with Crippen molar-refractivity contribution in [2.45, 2.75) is 31.9 Å². The Labute approximate surface area is 167 Å². The second kappa shape index (κ2) is 7.48. The summed E-state index contributed by atoms with van der Waals surface area (Å²) in [5.41, 5.74) is 2.49. The minimum Gasteiger partial charge on any atom is -0.489 e. The molecule has 0 aliphatic carbocycles. The molecule has 0 radical (unpaired) electrons. The minimum atomic E-state index is 0.0214. The molecule has 1 amide bonds. The molecule has 0 saturated carbocycles. The van der Waals surface area contributed by atoms with E-state index in [2.05, 4.69) is 21.4 Å². The third-order valence-electron chi connectivity index (χ3n) is 5.35. The quantitative estimate of drug-likeness (QED) is 0.721. The molecule has 1 aromatic carbocycles. The fourth-order valence-electron chi connectivity index (χ4n) is 3.87. The van der Waals surface area contributed by atoms with Crippen molar-refractivity contribution in [1.29, 1.82) is 0 Å². The van der Waals surface area contributed by atoms with E-state index in [-0.39, 0.29) is 12.0 Å². The van der Waals surface area contributed by atoms with Crippen LogP contribution in [-0.2, 0) is 13.0 Å². The zero-order valence-electron chi connectivity index (χ0n) is 15.6. The van der Waals surface area contributed by atoms with Gasteiger partial charge in [0.2, 0.25) is 0 Å². The summed E-state index contributed by atoms with van der Waals surface area (Å²) in [7, 11) is 0. The molecule has 5 rings (SSSR count). The van der Waals surface area contributed by atoms with E-state index in [4.69, 9.17) is 4.74 Å². The number of nitrogens with zero attached hydrogens (tertiary/aromatic N) is 3. The fraction of sp³-hybridized carbons (Fsp3) is 0.381. The topological polar surface area (TPSA) is 67.3 Å². The molecule has 3 aromatic rings. The largest absolute Gasteiger partial charge is 0.489 e. The van der Waals surface area contributed by atoms with Crippen LogP contribution in [0.3, 0.4) is 0 Å². The van der Waals surface area contributed by atoms with E-state index in [1.54, 1.807) is 17.5 Å². The van der Waals surface area contributed by atoms with Crippen molar-refractivity contribution >= 4 is 27.5 Å². The van der Waals surface area contributed by atoms with Gasteiger partial charge in [0.15, 0.2) is 0 Å². The van der Waals surface area contributed by atoms with E-state index < -0.39 is 0 Å². The number of rotatable bonds is 5. The van der Waals surface area contributed by atoms with Crippen molar-refractivity contribution < 1.29 is 9.53 Å². The van der Waals surface area contributed by atoms with Gasteiger partial charge in [0.1, 0.15) is 17.4 Å². The minimum absolute atomic E-state index is 0.0214. The number of benzene rings is 1. The van der Waals surface area contributed by atoms with E-state index >= 15 is 0 Å². The smallest absolute Gasteiger partial charge is 0.259 e. The Hall–Kier alpha value is -2.51. The van der Waals surface area contributed by atoms with Crippen LogP contribution in [0, 0.1) is 0 Å². The molecule has 2 aliphatic rings. The summed E-state index contributed by atoms with van der Waals surface area (Å²) in [4.78, 5) is 24.0. The lowest BCUT2D eigenvalue weighted by Gasteiger charge is -2.24. The van der Waals surface area contributed by atoms with Gasteiger partial charge in [-0.1, -0.05) is 12.1 Å². The van der Waals surface area contributed by atoms with Gasteiger partial charge in [-0.3, -0.25) is 9.78 Å². The normalized spacial score (nSPS) is 17.3. The lowest BCUT2D eigenvalue weighted by Crippen LogP contribution is -2.34. The third kappa shape index (κ3) is 3.36. The van der Waals surface area contributed by atoms with Gasteiger partial charge in [-0.2, -0.15) is 0 Å². The molecule has 0 bridgehead atoms. The highest BCUT2D eigenvalue weighted by atomic mass is 32.1. The van der Waals surface area contributed by atoms with Gasteiger partial charge in [0.25, 0.3) is 5.91 Å². The first-order valence-electron chi connectivity index (χ1n) is 9.77. The van der Waals surface area contributed by atoms with Crippen molar-refractivity contribution in [1.82, 2.24) is 20.2 Å². The van der Waals surface area contributed by atoms with Crippen LogP contribution in [0.25, 0.3) is 10.2 Å². The number of carbonyl (C=O) groups excluding carboxylic acids is 1. The van der Waals surface area contributed by atoms with Crippen molar-refractivity contribution in [3.8, 4) is 5.75 Å². The van der Waals surface area contributed by atoms with Gasteiger partial charge in [0, 0.05) is 19.2 Å². The van der Waals surface area contributed by atoms with E-state index in [9.17, 15) is 4.79 Å². The summed E-state index contributed by atoms with van der Waals surface area (Å²) in [6.07, 6.45) is 4.60. The summed E-state index contributed by atoms with van der Waals surface area (Å²) in [5, 5.41) is 4.40. The predicted molar refractivity (Wildman–Crippen MR) is 109 cm³/mol. The molecule has 4 heterocycles. The van der Waals surface area contributed by atoms with Crippen LogP contribution in [-0.4, -0.2) is 46.5 Å². The van der Waals surface area contributed by atoms with Crippen LogP contribution in [0.1, 0.15) is 33.9 Å². The summed E-state index contributed by atoms with van der Waals surface area (Å²) in [5.74, 6) is 0.706. The number of amides is 1. The zero-order valence-corrected chi connectivity index (χ0v) is 16.4. The Kier molecular flexibility index (Phi) is 4.70. The van der Waals surface area contributed by atoms with Crippen molar-refractivity contribution in [2.24, 2.45) is 0 Å². The SMILES string of the molecule is O=C1c2c(OC3CCNCC3)ccnc2CN1CCc1nc2ccccc2s1. The Bertz CT molecular complexity index is 980. The first kappa shape index (κ1) is 17.6. The third-order valence-corrected chi connectivity index (χ3v) is 6.44. The monoisotopic (exact) mass is 394 g/mol. The Morgan fingerprint density at radius 2 is 2.07 bits per heavy atom. The van der Waals surface area contributed by atoms with Gasteiger partial charge >= 0.3 is 0 Å². The number of aromatic nitrogens is 2. The zero-order chi connectivity index (χ0) is 18.9. The predicted octanol–water partition coefficient (Wildman–Crippen LogP) is 3.02. The van der Waals surface area contributed by atoms with Gasteiger partial charge in [-0.25, -0.2) is 4.98 Å². The number of piperidine rings is 1. The average molecular weight is 395 g/mol. The van der Waals surface area contributed by atoms with Crippen molar-refractivity contribution in [3.63, 3.8) is 0 Å². The molecule has 1 saturated heterocycles. The number of carbonyl (C=O) groups is 1. The van der Waals surface area contributed by atoms with Crippen molar-refractivity contribution in [2.75, 3.05) is 19.6 Å². The van der Waals surface area contributed by atoms with E-state index in [0.29, 0.717) is 24.4 Å². The molecule has 28 heavy (non-hydrogen) atoms. The molecule has 2 aliphatic heterocycles. The molecular formula is C21H22N4O2S. The number of fused-ring (bicyclic) bond motifs is 2. The second-order valence-electron chi connectivity index (χ2n) is 7.25. The van der Waals surface area contributed by atoms with Crippen LogP contribution in [0.15, 0.2) is 36.5 Å². The van der Waals surface area contributed by atoms with E-state index in [0.717, 1.165) is 48.6 Å². The first-order chi connectivity index (χ1) is 13.8.